The maximum Gasteiger partial charge on any atom is 0.352 e. The van der Waals surface area contributed by atoms with Crippen molar-refractivity contribution in [3.8, 4) is 0 Å². The van der Waals surface area contributed by atoms with Gasteiger partial charge in [0, 0.05) is 12.8 Å². The van der Waals surface area contributed by atoms with Crippen LogP contribution in [0.2, 0.25) is 0 Å². The van der Waals surface area contributed by atoms with Gasteiger partial charge in [0.25, 0.3) is 0 Å². The SMILES string of the molecule is CCCCCCCCCC(=O)C(O)(C(=O)CCCCCCCCC)C1OC(=O)C(CO)OC(=O)C(CO)OC1=O. The zero-order valence-electron chi connectivity index (χ0n) is 24.1. The first-order chi connectivity index (χ1) is 19.2. The Bertz CT molecular complexity index is 778. The highest BCUT2D eigenvalue weighted by Crippen LogP contribution is 2.27. The normalized spacial score (nSPS) is 20.1. The Kier molecular flexibility index (Phi) is 17.5. The summed E-state index contributed by atoms with van der Waals surface area (Å²) in [6.45, 7) is 2.12. The van der Waals surface area contributed by atoms with E-state index in [1.165, 1.54) is 0 Å². The van der Waals surface area contributed by atoms with Crippen molar-refractivity contribution >= 4 is 29.5 Å². The van der Waals surface area contributed by atoms with Crippen LogP contribution in [-0.4, -0.2) is 81.9 Å². The first-order valence-corrected chi connectivity index (χ1v) is 14.8. The molecule has 40 heavy (non-hydrogen) atoms. The Morgan fingerprint density at radius 3 is 1.35 bits per heavy atom. The second-order valence-corrected chi connectivity index (χ2v) is 10.4. The first kappa shape index (κ1) is 35.7. The number of ketones is 2. The lowest BCUT2D eigenvalue weighted by Gasteiger charge is -2.32. The van der Waals surface area contributed by atoms with Crippen LogP contribution in [0.4, 0.5) is 0 Å². The summed E-state index contributed by atoms with van der Waals surface area (Å²) in [4.78, 5) is 64.7. The summed E-state index contributed by atoms with van der Waals surface area (Å²) in [6.07, 6.45) is 5.42. The minimum Gasteiger partial charge on any atom is -0.445 e. The maximum atomic E-state index is 13.4. The van der Waals surface area contributed by atoms with E-state index < -0.39 is 66.6 Å². The van der Waals surface area contributed by atoms with Crippen LogP contribution in [0.3, 0.4) is 0 Å². The summed E-state index contributed by atoms with van der Waals surface area (Å²) < 4.78 is 14.7. The van der Waals surface area contributed by atoms with Crippen molar-refractivity contribution in [1.82, 2.24) is 0 Å². The molecule has 0 spiro atoms. The fourth-order valence-electron chi connectivity index (χ4n) is 4.55. The van der Waals surface area contributed by atoms with Gasteiger partial charge in [-0.05, 0) is 12.8 Å². The number of carbonyl (C=O) groups is 5. The van der Waals surface area contributed by atoms with Crippen LogP contribution in [0, 0.1) is 0 Å². The van der Waals surface area contributed by atoms with E-state index in [1.54, 1.807) is 0 Å². The molecule has 3 N–H and O–H groups in total. The number of aliphatic hydroxyl groups is 3. The van der Waals surface area contributed by atoms with Gasteiger partial charge in [-0.2, -0.15) is 0 Å². The van der Waals surface area contributed by atoms with Gasteiger partial charge < -0.3 is 29.5 Å². The third-order valence-electron chi connectivity index (χ3n) is 7.07. The minimum absolute atomic E-state index is 0.253. The van der Waals surface area contributed by atoms with Crippen molar-refractivity contribution < 1.29 is 53.5 Å². The highest BCUT2D eigenvalue weighted by molar-refractivity contribution is 6.14. The van der Waals surface area contributed by atoms with Gasteiger partial charge in [-0.3, -0.25) is 9.59 Å². The van der Waals surface area contributed by atoms with Crippen LogP contribution >= 0.6 is 0 Å². The molecule has 11 heteroatoms. The summed E-state index contributed by atoms with van der Waals surface area (Å²) in [7, 11) is 0. The zero-order valence-corrected chi connectivity index (χ0v) is 24.1. The molecule has 0 bridgehead atoms. The first-order valence-electron chi connectivity index (χ1n) is 14.8. The molecule has 11 nitrogen and oxygen atoms in total. The molecule has 230 valence electrons. The fraction of sp³-hybridized carbons (Fsp3) is 0.828. The van der Waals surface area contributed by atoms with Gasteiger partial charge in [-0.25, -0.2) is 14.4 Å². The van der Waals surface area contributed by atoms with E-state index in [0.29, 0.717) is 25.7 Å². The molecule has 1 aliphatic heterocycles. The van der Waals surface area contributed by atoms with E-state index in [2.05, 4.69) is 13.8 Å². The number of hydrogen-bond acceptors (Lipinski definition) is 11. The van der Waals surface area contributed by atoms with Crippen molar-refractivity contribution in [2.45, 2.75) is 140 Å². The topological polar surface area (TPSA) is 174 Å². The third kappa shape index (κ3) is 11.2. The molecule has 1 saturated heterocycles. The van der Waals surface area contributed by atoms with Crippen molar-refractivity contribution in [2.24, 2.45) is 0 Å². The van der Waals surface area contributed by atoms with Gasteiger partial charge in [0.2, 0.25) is 23.9 Å². The average Bonchev–Trinajstić information content (AvgIpc) is 2.98. The number of ether oxygens (including phenoxy) is 3. The van der Waals surface area contributed by atoms with Gasteiger partial charge in [0.15, 0.2) is 11.6 Å². The average molecular weight is 573 g/mol. The molecule has 1 aliphatic rings. The number of rotatable bonds is 21. The van der Waals surface area contributed by atoms with Crippen LogP contribution in [0.25, 0.3) is 0 Å². The van der Waals surface area contributed by atoms with E-state index in [1.807, 2.05) is 0 Å². The molecule has 1 rings (SSSR count). The molecule has 3 atom stereocenters. The molecular weight excluding hydrogens is 524 g/mol. The summed E-state index contributed by atoms with van der Waals surface area (Å²) in [5, 5.41) is 30.6. The third-order valence-corrected chi connectivity index (χ3v) is 7.07. The monoisotopic (exact) mass is 572 g/mol. The number of esters is 3. The lowest BCUT2D eigenvalue weighted by molar-refractivity contribution is -0.194. The lowest BCUT2D eigenvalue weighted by atomic mass is 9.82. The van der Waals surface area contributed by atoms with Crippen LogP contribution in [-0.2, 0) is 38.2 Å². The predicted molar refractivity (Wildman–Crippen MR) is 144 cm³/mol. The molecule has 0 aromatic rings. The summed E-state index contributed by atoms with van der Waals surface area (Å²) in [5.74, 6) is -6.33. The van der Waals surface area contributed by atoms with E-state index in [9.17, 15) is 39.3 Å². The predicted octanol–water partition coefficient (Wildman–Crippen LogP) is 2.87. The zero-order chi connectivity index (χ0) is 30.0. The molecule has 0 aliphatic carbocycles. The van der Waals surface area contributed by atoms with Crippen molar-refractivity contribution in [2.75, 3.05) is 13.2 Å². The number of cyclic esters (lactones) is 3. The van der Waals surface area contributed by atoms with Crippen LogP contribution in [0.1, 0.15) is 117 Å². The summed E-state index contributed by atoms with van der Waals surface area (Å²) in [6, 6.07) is 0. The lowest BCUT2D eigenvalue weighted by Crippen LogP contribution is -2.61. The smallest absolute Gasteiger partial charge is 0.352 e. The van der Waals surface area contributed by atoms with E-state index >= 15 is 0 Å². The van der Waals surface area contributed by atoms with Crippen molar-refractivity contribution in [3.63, 3.8) is 0 Å². The molecule has 1 heterocycles. The van der Waals surface area contributed by atoms with E-state index in [-0.39, 0.29) is 12.8 Å². The quantitative estimate of drug-likeness (QED) is 0.0798. The van der Waals surface area contributed by atoms with Gasteiger partial charge in [0.1, 0.15) is 0 Å². The Morgan fingerprint density at radius 1 is 0.600 bits per heavy atom. The van der Waals surface area contributed by atoms with E-state index in [0.717, 1.165) is 64.2 Å². The summed E-state index contributed by atoms with van der Waals surface area (Å²) >= 11 is 0. The standard InChI is InChI=1S/C29H48O11/c1-3-5-7-9-11-13-15-17-23(32)29(37,24(33)18-16-14-12-10-8-6-4-2)25-28(36)39-21(19-30)26(34)38-22(20-31)27(35)40-25/h21-22,25,30-31,37H,3-20H2,1-2H3. The van der Waals surface area contributed by atoms with Gasteiger partial charge >= 0.3 is 17.9 Å². The second-order valence-electron chi connectivity index (χ2n) is 10.4. The highest BCUT2D eigenvalue weighted by Gasteiger charge is 2.57. The fourth-order valence-corrected chi connectivity index (χ4v) is 4.55. The number of hydrogen-bond donors (Lipinski definition) is 3. The van der Waals surface area contributed by atoms with Gasteiger partial charge in [-0.15, -0.1) is 0 Å². The van der Waals surface area contributed by atoms with Crippen LogP contribution in [0.15, 0.2) is 0 Å². The van der Waals surface area contributed by atoms with Crippen LogP contribution in [0.5, 0.6) is 0 Å². The molecule has 3 unspecified atom stereocenters. The highest BCUT2D eigenvalue weighted by atomic mass is 16.7. The molecule has 1 fully saturated rings. The number of carbonyl (C=O) groups excluding carboxylic acids is 5. The number of Topliss-reactive ketones (excluding diaryl/α,β-unsaturated/α-hetero) is 2. The van der Waals surface area contributed by atoms with Gasteiger partial charge in [0.05, 0.1) is 13.2 Å². The molecule has 0 radical (unpaired) electrons. The molecular formula is C29H48O11. The Morgan fingerprint density at radius 2 is 0.950 bits per heavy atom. The number of unbranched alkanes of at least 4 members (excludes halogenated alkanes) is 12. The Hall–Kier alpha value is -2.37. The molecule has 0 aromatic heterocycles. The second kappa shape index (κ2) is 19.7. The van der Waals surface area contributed by atoms with Crippen molar-refractivity contribution in [3.05, 3.63) is 0 Å². The molecule has 0 saturated carbocycles. The number of aliphatic hydroxyl groups excluding tert-OH is 2. The van der Waals surface area contributed by atoms with Gasteiger partial charge in [-0.1, -0.05) is 90.9 Å². The Labute approximate surface area is 236 Å². The maximum absolute atomic E-state index is 13.4. The Balaban J connectivity index is 3.15. The minimum atomic E-state index is -3.06. The van der Waals surface area contributed by atoms with E-state index in [4.69, 9.17) is 14.2 Å². The van der Waals surface area contributed by atoms with Crippen molar-refractivity contribution in [1.29, 1.82) is 0 Å². The summed E-state index contributed by atoms with van der Waals surface area (Å²) in [5.41, 5.74) is -3.06. The van der Waals surface area contributed by atoms with Crippen LogP contribution < -0.4 is 0 Å². The molecule has 0 amide bonds. The largest absolute Gasteiger partial charge is 0.445 e. The molecule has 0 aromatic carbocycles.